The molecular weight excluding hydrogens is 315 g/mol. The molecule has 2 aromatic rings. The summed E-state index contributed by atoms with van der Waals surface area (Å²) in [5.41, 5.74) is 3.90. The third-order valence-electron chi connectivity index (χ3n) is 3.10. The van der Waals surface area contributed by atoms with Crippen molar-refractivity contribution in [3.05, 3.63) is 40.9 Å². The Morgan fingerprint density at radius 2 is 2.14 bits per heavy atom. The van der Waals surface area contributed by atoms with Crippen molar-refractivity contribution in [3.63, 3.8) is 0 Å². The smallest absolute Gasteiger partial charge is 0.241 e. The number of nitrogens with one attached hydrogen (secondary N) is 2. The van der Waals surface area contributed by atoms with Crippen LogP contribution in [0.1, 0.15) is 11.3 Å². The van der Waals surface area contributed by atoms with Crippen molar-refractivity contribution < 1.29 is 13.2 Å². The fourth-order valence-corrected chi connectivity index (χ4v) is 2.82. The van der Waals surface area contributed by atoms with Crippen molar-refractivity contribution in [2.24, 2.45) is 5.10 Å². The summed E-state index contributed by atoms with van der Waals surface area (Å²) in [6, 6.07) is 6.95. The van der Waals surface area contributed by atoms with E-state index in [4.69, 9.17) is 0 Å². The van der Waals surface area contributed by atoms with Crippen LogP contribution >= 0.6 is 11.3 Å². The van der Waals surface area contributed by atoms with E-state index < -0.39 is 17.3 Å². The van der Waals surface area contributed by atoms with Crippen LogP contribution in [-0.2, 0) is 11.7 Å². The normalized spacial score (nSPS) is 20.6. The van der Waals surface area contributed by atoms with Gasteiger partial charge in [-0.25, -0.2) is 10.5 Å². The van der Waals surface area contributed by atoms with Crippen LogP contribution in [-0.4, -0.2) is 11.2 Å². The summed E-state index contributed by atoms with van der Waals surface area (Å²) in [4.78, 5) is 4.26. The van der Waals surface area contributed by atoms with Gasteiger partial charge in [-0.1, -0.05) is 12.1 Å². The molecule has 2 heterocycles. The monoisotopic (exact) mass is 323 g/mol. The fourth-order valence-electron chi connectivity index (χ4n) is 1.94. The molecule has 3 rings (SSSR count). The molecule has 0 bridgehead atoms. The molecule has 1 aliphatic heterocycles. The van der Waals surface area contributed by atoms with Gasteiger partial charge in [-0.3, -0.25) is 0 Å². The average Bonchev–Trinajstić information content (AvgIpc) is 3.16. The number of benzene rings is 1. The molecule has 0 saturated carbocycles. The highest BCUT2D eigenvalue weighted by Crippen LogP contribution is 2.34. The second-order valence-corrected chi connectivity index (χ2v) is 5.39. The molecule has 1 atom stereocenters. The molecular formula is C13H8F3N5S. The lowest BCUT2D eigenvalue weighted by molar-refractivity contribution is -0.137. The van der Waals surface area contributed by atoms with Gasteiger partial charge in [0.25, 0.3) is 0 Å². The zero-order chi connectivity index (χ0) is 15.8. The van der Waals surface area contributed by atoms with E-state index in [1.807, 2.05) is 6.07 Å². The molecule has 9 heteroatoms. The van der Waals surface area contributed by atoms with Crippen LogP contribution in [0.3, 0.4) is 0 Å². The number of aromatic nitrogens is 1. The number of nitriles is 1. The van der Waals surface area contributed by atoms with Crippen LogP contribution in [0.5, 0.6) is 0 Å². The summed E-state index contributed by atoms with van der Waals surface area (Å²) in [7, 11) is 0. The quantitative estimate of drug-likeness (QED) is 0.891. The number of halogens is 3. The van der Waals surface area contributed by atoms with Crippen molar-refractivity contribution in [2.45, 2.75) is 11.7 Å². The van der Waals surface area contributed by atoms with Crippen molar-refractivity contribution in [2.75, 3.05) is 0 Å². The van der Waals surface area contributed by atoms with Gasteiger partial charge in [-0.05, 0) is 12.1 Å². The van der Waals surface area contributed by atoms with Crippen LogP contribution in [0.2, 0.25) is 0 Å². The van der Waals surface area contributed by atoms with Crippen LogP contribution in [0.15, 0.2) is 34.7 Å². The van der Waals surface area contributed by atoms with E-state index in [9.17, 15) is 18.4 Å². The first-order valence-electron chi connectivity index (χ1n) is 6.06. The first kappa shape index (κ1) is 14.5. The summed E-state index contributed by atoms with van der Waals surface area (Å²) >= 11 is 1.16. The molecule has 112 valence electrons. The highest BCUT2D eigenvalue weighted by molar-refractivity contribution is 7.13. The van der Waals surface area contributed by atoms with Crippen molar-refractivity contribution in [1.29, 1.82) is 5.26 Å². The maximum atomic E-state index is 12.8. The van der Waals surface area contributed by atoms with Gasteiger partial charge in [0.2, 0.25) is 5.54 Å². The average molecular weight is 323 g/mol. The number of hydrogen-bond acceptors (Lipinski definition) is 6. The lowest BCUT2D eigenvalue weighted by Gasteiger charge is -2.13. The van der Waals surface area contributed by atoms with Gasteiger partial charge in [0.1, 0.15) is 5.01 Å². The van der Waals surface area contributed by atoms with E-state index >= 15 is 0 Å². The zero-order valence-corrected chi connectivity index (χ0v) is 11.7. The van der Waals surface area contributed by atoms with E-state index in [1.54, 1.807) is 11.4 Å². The number of alkyl halides is 3. The van der Waals surface area contributed by atoms with Crippen LogP contribution in [0.4, 0.5) is 13.2 Å². The standard InChI is InChI=1S/C13H8F3N5S/c14-13(15,16)9-3-1-2-8(4-9)11-19-10(5-22-11)12(6-17)7-18-21-20-12/h1-5,7,20-21H. The Morgan fingerprint density at radius 1 is 1.32 bits per heavy atom. The molecule has 0 aliphatic carbocycles. The van der Waals surface area contributed by atoms with Gasteiger partial charge in [-0.2, -0.15) is 29.0 Å². The van der Waals surface area contributed by atoms with Crippen LogP contribution in [0.25, 0.3) is 10.6 Å². The van der Waals surface area contributed by atoms with Crippen LogP contribution in [0, 0.1) is 11.3 Å². The maximum Gasteiger partial charge on any atom is 0.416 e. The summed E-state index contributed by atoms with van der Waals surface area (Å²) in [6.07, 6.45) is -3.05. The molecule has 0 fully saturated rings. The van der Waals surface area contributed by atoms with Crippen molar-refractivity contribution >= 4 is 17.6 Å². The molecule has 0 radical (unpaired) electrons. The highest BCUT2D eigenvalue weighted by atomic mass is 32.1. The number of hydrazone groups is 1. The molecule has 1 aromatic carbocycles. The Bertz CT molecular complexity index is 776. The fraction of sp³-hybridized carbons (Fsp3) is 0.154. The Balaban J connectivity index is 1.98. The molecule has 0 spiro atoms. The third-order valence-corrected chi connectivity index (χ3v) is 3.99. The minimum absolute atomic E-state index is 0.349. The van der Waals surface area contributed by atoms with Crippen molar-refractivity contribution in [3.8, 4) is 16.6 Å². The van der Waals surface area contributed by atoms with E-state index in [1.165, 1.54) is 12.3 Å². The van der Waals surface area contributed by atoms with Gasteiger partial charge in [0.05, 0.1) is 23.5 Å². The van der Waals surface area contributed by atoms with Gasteiger partial charge >= 0.3 is 6.18 Å². The molecule has 2 N–H and O–H groups in total. The third kappa shape index (κ3) is 2.43. The summed E-state index contributed by atoms with van der Waals surface area (Å²) < 4.78 is 38.3. The molecule has 1 aliphatic rings. The Hall–Kier alpha value is -2.44. The van der Waals surface area contributed by atoms with Gasteiger partial charge in [0.15, 0.2) is 0 Å². The molecule has 1 aromatic heterocycles. The lowest BCUT2D eigenvalue weighted by Crippen LogP contribution is -2.42. The van der Waals surface area contributed by atoms with E-state index in [-0.39, 0.29) is 0 Å². The molecule has 1 unspecified atom stereocenters. The largest absolute Gasteiger partial charge is 0.416 e. The number of thiazole rings is 1. The van der Waals surface area contributed by atoms with Gasteiger partial charge < -0.3 is 0 Å². The second-order valence-electron chi connectivity index (χ2n) is 4.53. The van der Waals surface area contributed by atoms with E-state index in [2.05, 4.69) is 21.0 Å². The first-order chi connectivity index (χ1) is 10.4. The lowest BCUT2D eigenvalue weighted by atomic mass is 10.0. The molecule has 0 saturated heterocycles. The molecule has 0 amide bonds. The summed E-state index contributed by atoms with van der Waals surface area (Å²) in [5.74, 6) is 0. The minimum Gasteiger partial charge on any atom is -0.241 e. The van der Waals surface area contributed by atoms with Crippen molar-refractivity contribution in [1.82, 2.24) is 15.9 Å². The van der Waals surface area contributed by atoms with E-state index in [0.717, 1.165) is 23.5 Å². The Kier molecular flexibility index (Phi) is 3.35. The first-order valence-corrected chi connectivity index (χ1v) is 6.94. The van der Waals surface area contributed by atoms with E-state index in [0.29, 0.717) is 16.3 Å². The second kappa shape index (κ2) is 5.08. The predicted octanol–water partition coefficient (Wildman–Crippen LogP) is 2.64. The number of nitrogens with zero attached hydrogens (tertiary/aromatic N) is 3. The number of hydrazine groups is 1. The number of rotatable bonds is 2. The predicted molar refractivity (Wildman–Crippen MR) is 74.6 cm³/mol. The summed E-state index contributed by atoms with van der Waals surface area (Å²) in [5, 5.41) is 15.0. The van der Waals surface area contributed by atoms with Gasteiger partial charge in [-0.15, -0.1) is 11.3 Å². The Labute approximate surface area is 127 Å². The zero-order valence-electron chi connectivity index (χ0n) is 10.8. The molecule has 5 nitrogen and oxygen atoms in total. The number of hydrogen-bond donors (Lipinski definition) is 2. The van der Waals surface area contributed by atoms with Gasteiger partial charge in [0, 0.05) is 10.9 Å². The summed E-state index contributed by atoms with van der Waals surface area (Å²) in [6.45, 7) is 0. The maximum absolute atomic E-state index is 12.8. The topological polar surface area (TPSA) is 73.1 Å². The SMILES string of the molecule is N#CC1(c2csc(-c3cccc(C(F)(F)F)c3)n2)C=NNN1. The Morgan fingerprint density at radius 3 is 2.77 bits per heavy atom. The molecule has 22 heavy (non-hydrogen) atoms. The highest BCUT2D eigenvalue weighted by Gasteiger charge is 2.36. The minimum atomic E-state index is -4.41. The van der Waals surface area contributed by atoms with Crippen LogP contribution < -0.4 is 11.0 Å².